The highest BCUT2D eigenvalue weighted by atomic mass is 35.5. The molecule has 0 amide bonds. The van der Waals surface area contributed by atoms with E-state index in [2.05, 4.69) is 17.1 Å². The van der Waals surface area contributed by atoms with Crippen molar-refractivity contribution in [3.8, 4) is 0 Å². The summed E-state index contributed by atoms with van der Waals surface area (Å²) in [5.74, 6) is 7.46. The highest BCUT2D eigenvalue weighted by Crippen LogP contribution is 2.26. The smallest absolute Gasteiger partial charge is 0.210 e. The van der Waals surface area contributed by atoms with Crippen LogP contribution in [0, 0.1) is 0 Å². The summed E-state index contributed by atoms with van der Waals surface area (Å²) in [6.45, 7) is 2.08. The second kappa shape index (κ2) is 6.50. The fourth-order valence-electron chi connectivity index (χ4n) is 1.58. The van der Waals surface area contributed by atoms with Gasteiger partial charge in [-0.1, -0.05) is 48.0 Å². The monoisotopic (exact) mass is 316 g/mol. The van der Waals surface area contributed by atoms with Gasteiger partial charge in [0.15, 0.2) is 5.82 Å². The Labute approximate surface area is 126 Å². The normalized spacial score (nSPS) is 10.9. The number of thioether (sulfide) groups is 1. The standard InChI is InChI=1S/C12H14Cl2N4S/c1-2-3-11-16-17-12(18(11)15)19-7-8-4-5-9(13)10(14)6-8/h4-6H,2-3,7,15H2,1H3. The Hall–Kier alpha value is -0.910. The minimum Gasteiger partial charge on any atom is -0.336 e. The first-order chi connectivity index (χ1) is 9.11. The van der Waals surface area contributed by atoms with Gasteiger partial charge in [-0.05, 0) is 24.1 Å². The van der Waals surface area contributed by atoms with Crippen LogP contribution in [-0.2, 0) is 12.2 Å². The molecule has 102 valence electrons. The molecule has 1 aromatic heterocycles. The van der Waals surface area contributed by atoms with Gasteiger partial charge in [-0.2, -0.15) is 0 Å². The van der Waals surface area contributed by atoms with E-state index in [1.807, 2.05) is 12.1 Å². The molecule has 0 saturated heterocycles. The van der Waals surface area contributed by atoms with Crippen LogP contribution >= 0.6 is 35.0 Å². The van der Waals surface area contributed by atoms with Crippen LogP contribution in [-0.4, -0.2) is 14.9 Å². The van der Waals surface area contributed by atoms with Gasteiger partial charge in [0.25, 0.3) is 0 Å². The molecule has 7 heteroatoms. The van der Waals surface area contributed by atoms with Crippen molar-refractivity contribution in [1.82, 2.24) is 14.9 Å². The van der Waals surface area contributed by atoms with Crippen molar-refractivity contribution in [3.63, 3.8) is 0 Å². The van der Waals surface area contributed by atoms with Gasteiger partial charge in [-0.15, -0.1) is 10.2 Å². The lowest BCUT2D eigenvalue weighted by Gasteiger charge is -2.04. The molecule has 0 atom stereocenters. The molecular weight excluding hydrogens is 303 g/mol. The van der Waals surface area contributed by atoms with E-state index < -0.39 is 0 Å². The Kier molecular flexibility index (Phi) is 4.96. The van der Waals surface area contributed by atoms with Crippen LogP contribution in [0.15, 0.2) is 23.4 Å². The summed E-state index contributed by atoms with van der Waals surface area (Å²) in [4.78, 5) is 0. The largest absolute Gasteiger partial charge is 0.336 e. The van der Waals surface area contributed by atoms with Gasteiger partial charge in [0.05, 0.1) is 10.0 Å². The van der Waals surface area contributed by atoms with E-state index in [1.165, 1.54) is 11.8 Å². The van der Waals surface area contributed by atoms with Gasteiger partial charge >= 0.3 is 0 Å². The van der Waals surface area contributed by atoms with Crippen LogP contribution in [0.25, 0.3) is 0 Å². The first-order valence-corrected chi connectivity index (χ1v) is 7.62. The number of nitrogens with two attached hydrogens (primary N) is 1. The molecule has 2 N–H and O–H groups in total. The second-order valence-electron chi connectivity index (χ2n) is 4.06. The number of nitrogens with zero attached hydrogens (tertiary/aromatic N) is 3. The maximum absolute atomic E-state index is 5.97. The van der Waals surface area contributed by atoms with Gasteiger partial charge in [-0.3, -0.25) is 0 Å². The zero-order valence-corrected chi connectivity index (χ0v) is 12.8. The van der Waals surface area contributed by atoms with Crippen LogP contribution in [0.4, 0.5) is 0 Å². The van der Waals surface area contributed by atoms with E-state index in [1.54, 1.807) is 10.7 Å². The molecular formula is C12H14Cl2N4S. The quantitative estimate of drug-likeness (QED) is 0.677. The van der Waals surface area contributed by atoms with Crippen LogP contribution in [0.1, 0.15) is 24.7 Å². The van der Waals surface area contributed by atoms with E-state index in [-0.39, 0.29) is 0 Å². The topological polar surface area (TPSA) is 56.7 Å². The molecule has 0 radical (unpaired) electrons. The van der Waals surface area contributed by atoms with Crippen LogP contribution < -0.4 is 5.84 Å². The van der Waals surface area contributed by atoms with E-state index in [9.17, 15) is 0 Å². The molecule has 0 bridgehead atoms. The molecule has 4 nitrogen and oxygen atoms in total. The van der Waals surface area contributed by atoms with Crippen molar-refractivity contribution in [1.29, 1.82) is 0 Å². The third kappa shape index (κ3) is 3.55. The SMILES string of the molecule is CCCc1nnc(SCc2ccc(Cl)c(Cl)c2)n1N. The van der Waals surface area contributed by atoms with E-state index in [0.717, 1.165) is 30.0 Å². The fourth-order valence-corrected chi connectivity index (χ4v) is 2.72. The van der Waals surface area contributed by atoms with Crippen LogP contribution in [0.3, 0.4) is 0 Å². The van der Waals surface area contributed by atoms with Gasteiger partial charge < -0.3 is 5.84 Å². The number of aryl methyl sites for hydroxylation is 1. The average molecular weight is 317 g/mol. The van der Waals surface area contributed by atoms with Crippen molar-refractivity contribution < 1.29 is 0 Å². The summed E-state index contributed by atoms with van der Waals surface area (Å²) < 4.78 is 1.55. The number of aromatic nitrogens is 3. The van der Waals surface area contributed by atoms with Crippen LogP contribution in [0.2, 0.25) is 10.0 Å². The molecule has 0 aliphatic heterocycles. The molecule has 0 aliphatic carbocycles. The Morgan fingerprint density at radius 2 is 2.05 bits per heavy atom. The summed E-state index contributed by atoms with van der Waals surface area (Å²) in [6.07, 6.45) is 1.82. The Morgan fingerprint density at radius 1 is 1.26 bits per heavy atom. The molecule has 1 heterocycles. The molecule has 2 aromatic rings. The Balaban J connectivity index is 2.04. The zero-order valence-electron chi connectivity index (χ0n) is 10.4. The first-order valence-electron chi connectivity index (χ1n) is 5.88. The predicted octanol–water partition coefficient (Wildman–Crippen LogP) is 3.54. The molecule has 0 saturated carbocycles. The maximum Gasteiger partial charge on any atom is 0.210 e. The number of hydrogen-bond acceptors (Lipinski definition) is 4. The van der Waals surface area contributed by atoms with E-state index in [4.69, 9.17) is 29.0 Å². The summed E-state index contributed by atoms with van der Waals surface area (Å²) in [5.41, 5.74) is 1.07. The fraction of sp³-hybridized carbons (Fsp3) is 0.333. The summed E-state index contributed by atoms with van der Waals surface area (Å²) in [5, 5.41) is 9.97. The number of benzene rings is 1. The summed E-state index contributed by atoms with van der Waals surface area (Å²) in [6, 6.07) is 5.57. The number of rotatable bonds is 5. The van der Waals surface area contributed by atoms with E-state index >= 15 is 0 Å². The van der Waals surface area contributed by atoms with Gasteiger partial charge in [0.1, 0.15) is 0 Å². The molecule has 19 heavy (non-hydrogen) atoms. The van der Waals surface area contributed by atoms with Gasteiger partial charge in [0, 0.05) is 12.2 Å². The lowest BCUT2D eigenvalue weighted by molar-refractivity contribution is 0.757. The minimum atomic E-state index is 0.556. The maximum atomic E-state index is 5.97. The molecule has 0 fully saturated rings. The van der Waals surface area contributed by atoms with Crippen molar-refractivity contribution in [2.75, 3.05) is 5.84 Å². The molecule has 0 unspecified atom stereocenters. The predicted molar refractivity (Wildman–Crippen MR) is 80.2 cm³/mol. The molecule has 2 rings (SSSR count). The Morgan fingerprint density at radius 3 is 2.74 bits per heavy atom. The third-order valence-corrected chi connectivity index (χ3v) is 4.31. The highest BCUT2D eigenvalue weighted by Gasteiger charge is 2.09. The third-order valence-electron chi connectivity index (χ3n) is 2.56. The lowest BCUT2D eigenvalue weighted by Crippen LogP contribution is -2.13. The first kappa shape index (κ1) is 14.5. The van der Waals surface area contributed by atoms with Crippen molar-refractivity contribution >= 4 is 35.0 Å². The second-order valence-corrected chi connectivity index (χ2v) is 5.81. The summed E-state index contributed by atoms with van der Waals surface area (Å²) in [7, 11) is 0. The highest BCUT2D eigenvalue weighted by molar-refractivity contribution is 7.98. The van der Waals surface area contributed by atoms with E-state index in [0.29, 0.717) is 15.2 Å². The molecule has 1 aromatic carbocycles. The van der Waals surface area contributed by atoms with Crippen molar-refractivity contribution in [3.05, 3.63) is 39.6 Å². The van der Waals surface area contributed by atoms with Crippen molar-refractivity contribution in [2.24, 2.45) is 0 Å². The average Bonchev–Trinajstić information content (AvgIpc) is 2.73. The number of halogens is 2. The molecule has 0 aliphatic rings. The number of nitrogen functional groups attached to an aromatic ring is 1. The summed E-state index contributed by atoms with van der Waals surface area (Å²) >= 11 is 13.4. The van der Waals surface area contributed by atoms with Crippen molar-refractivity contribution in [2.45, 2.75) is 30.7 Å². The van der Waals surface area contributed by atoms with Crippen LogP contribution in [0.5, 0.6) is 0 Å². The Bertz CT molecular complexity index is 571. The van der Waals surface area contributed by atoms with Gasteiger partial charge in [-0.25, -0.2) is 4.68 Å². The lowest BCUT2D eigenvalue weighted by atomic mass is 10.2. The number of hydrogen-bond donors (Lipinski definition) is 1. The van der Waals surface area contributed by atoms with Gasteiger partial charge in [0.2, 0.25) is 5.16 Å². The molecule has 0 spiro atoms. The zero-order chi connectivity index (χ0) is 13.8. The minimum absolute atomic E-state index is 0.556.